The van der Waals surface area contributed by atoms with E-state index in [0.717, 1.165) is 22.8 Å². The zero-order chi connectivity index (χ0) is 13.0. The van der Waals surface area contributed by atoms with E-state index in [2.05, 4.69) is 36.5 Å². The van der Waals surface area contributed by atoms with Crippen molar-refractivity contribution in [2.75, 3.05) is 11.9 Å². The first-order chi connectivity index (χ1) is 8.68. The lowest BCUT2D eigenvalue weighted by molar-refractivity contribution is 0.805. The Hall–Kier alpha value is -1.47. The van der Waals surface area contributed by atoms with E-state index in [1.807, 2.05) is 31.2 Å². The van der Waals surface area contributed by atoms with Gasteiger partial charge < -0.3 is 5.32 Å². The van der Waals surface area contributed by atoms with E-state index in [4.69, 9.17) is 11.6 Å². The van der Waals surface area contributed by atoms with Gasteiger partial charge in [-0.15, -0.1) is 0 Å². The van der Waals surface area contributed by atoms with Crippen molar-refractivity contribution in [1.29, 1.82) is 0 Å². The fourth-order valence-corrected chi connectivity index (χ4v) is 2.14. The zero-order valence-electron chi connectivity index (χ0n) is 10.8. The van der Waals surface area contributed by atoms with Crippen LogP contribution in [0.1, 0.15) is 24.0 Å². The molecule has 1 nitrogen and oxygen atoms in total. The molecule has 0 heterocycles. The fraction of sp³-hybridized carbons (Fsp3) is 0.250. The van der Waals surface area contributed by atoms with E-state index >= 15 is 0 Å². The monoisotopic (exact) mass is 259 g/mol. The van der Waals surface area contributed by atoms with Crippen LogP contribution in [0.5, 0.6) is 0 Å². The lowest BCUT2D eigenvalue weighted by atomic mass is 10.0. The highest BCUT2D eigenvalue weighted by Gasteiger charge is 2.06. The van der Waals surface area contributed by atoms with Crippen molar-refractivity contribution in [3.8, 4) is 0 Å². The van der Waals surface area contributed by atoms with Crippen LogP contribution in [0, 0.1) is 6.92 Å². The van der Waals surface area contributed by atoms with E-state index in [9.17, 15) is 0 Å². The van der Waals surface area contributed by atoms with Crippen LogP contribution in [0.15, 0.2) is 48.5 Å². The Bertz CT molecular complexity index is 508. The molecule has 0 aromatic heterocycles. The second kappa shape index (κ2) is 5.92. The third-order valence-electron chi connectivity index (χ3n) is 3.16. The van der Waals surface area contributed by atoms with Crippen molar-refractivity contribution in [3.05, 3.63) is 64.7 Å². The summed E-state index contributed by atoms with van der Waals surface area (Å²) >= 11 is 6.26. The van der Waals surface area contributed by atoms with Gasteiger partial charge in [-0.05, 0) is 30.0 Å². The van der Waals surface area contributed by atoms with Crippen LogP contribution < -0.4 is 5.32 Å². The number of aryl methyl sites for hydroxylation is 1. The van der Waals surface area contributed by atoms with Gasteiger partial charge in [-0.3, -0.25) is 0 Å². The number of hydrogen-bond donors (Lipinski definition) is 1. The number of nitrogens with one attached hydrogen (secondary N) is 1. The Labute approximate surface area is 114 Å². The molecule has 0 aliphatic carbocycles. The molecule has 1 N–H and O–H groups in total. The van der Waals surface area contributed by atoms with Crippen LogP contribution in [0.4, 0.5) is 5.69 Å². The van der Waals surface area contributed by atoms with Crippen LogP contribution in [-0.2, 0) is 0 Å². The third kappa shape index (κ3) is 3.05. The highest BCUT2D eigenvalue weighted by Crippen LogP contribution is 2.26. The van der Waals surface area contributed by atoms with Crippen LogP contribution in [0.2, 0.25) is 5.02 Å². The molecule has 0 saturated carbocycles. The molecule has 0 saturated heterocycles. The molecular formula is C16H18ClN. The Morgan fingerprint density at radius 1 is 1.06 bits per heavy atom. The smallest absolute Gasteiger partial charge is 0.0666 e. The topological polar surface area (TPSA) is 12.0 Å². The maximum atomic E-state index is 6.26. The molecule has 94 valence electrons. The van der Waals surface area contributed by atoms with Gasteiger partial charge in [0.15, 0.2) is 0 Å². The van der Waals surface area contributed by atoms with Gasteiger partial charge in [-0.2, -0.15) is 0 Å². The van der Waals surface area contributed by atoms with E-state index in [1.165, 1.54) is 5.56 Å². The molecule has 2 heteroatoms. The van der Waals surface area contributed by atoms with Gasteiger partial charge >= 0.3 is 0 Å². The molecule has 0 spiro atoms. The predicted molar refractivity (Wildman–Crippen MR) is 79.5 cm³/mol. The highest BCUT2D eigenvalue weighted by atomic mass is 35.5. The summed E-state index contributed by atoms with van der Waals surface area (Å²) in [6.45, 7) is 5.12. The normalized spacial score (nSPS) is 12.2. The Morgan fingerprint density at radius 2 is 1.78 bits per heavy atom. The van der Waals surface area contributed by atoms with Gasteiger partial charge in [0.2, 0.25) is 0 Å². The van der Waals surface area contributed by atoms with Gasteiger partial charge in [-0.25, -0.2) is 0 Å². The van der Waals surface area contributed by atoms with E-state index in [0.29, 0.717) is 5.92 Å². The van der Waals surface area contributed by atoms with Crippen molar-refractivity contribution >= 4 is 17.3 Å². The number of halogens is 1. The first-order valence-corrected chi connectivity index (χ1v) is 6.60. The van der Waals surface area contributed by atoms with Crippen LogP contribution in [0.3, 0.4) is 0 Å². The Balaban J connectivity index is 2.02. The molecule has 0 aliphatic rings. The molecule has 1 unspecified atom stereocenters. The van der Waals surface area contributed by atoms with Crippen LogP contribution >= 0.6 is 11.6 Å². The quantitative estimate of drug-likeness (QED) is 0.827. The number of anilines is 1. The maximum Gasteiger partial charge on any atom is 0.0666 e. The summed E-state index contributed by atoms with van der Waals surface area (Å²) in [5.41, 5.74) is 3.46. The third-order valence-corrected chi connectivity index (χ3v) is 3.66. The fourth-order valence-electron chi connectivity index (χ4n) is 1.95. The number of hydrogen-bond acceptors (Lipinski definition) is 1. The number of benzene rings is 2. The first-order valence-electron chi connectivity index (χ1n) is 6.22. The summed E-state index contributed by atoms with van der Waals surface area (Å²) < 4.78 is 0. The van der Waals surface area contributed by atoms with E-state index in [1.54, 1.807) is 0 Å². The SMILES string of the molecule is Cc1cccc(NCC(C)c2ccccc2)c1Cl. The lowest BCUT2D eigenvalue weighted by Crippen LogP contribution is -2.10. The van der Waals surface area contributed by atoms with Crippen molar-refractivity contribution in [1.82, 2.24) is 0 Å². The summed E-state index contributed by atoms with van der Waals surface area (Å²) in [6.07, 6.45) is 0. The molecule has 0 aliphatic heterocycles. The first kappa shape index (κ1) is 13.0. The minimum atomic E-state index is 0.461. The maximum absolute atomic E-state index is 6.26. The summed E-state index contributed by atoms with van der Waals surface area (Å²) in [5, 5.41) is 4.24. The second-order valence-corrected chi connectivity index (χ2v) is 5.01. The average Bonchev–Trinajstić information content (AvgIpc) is 2.41. The molecule has 2 rings (SSSR count). The minimum Gasteiger partial charge on any atom is -0.383 e. The van der Waals surface area contributed by atoms with Crippen molar-refractivity contribution < 1.29 is 0 Å². The zero-order valence-corrected chi connectivity index (χ0v) is 11.5. The van der Waals surface area contributed by atoms with Gasteiger partial charge in [0.1, 0.15) is 0 Å². The van der Waals surface area contributed by atoms with Crippen molar-refractivity contribution in [2.24, 2.45) is 0 Å². The summed E-state index contributed by atoms with van der Waals surface area (Å²) in [5.74, 6) is 0.461. The molecular weight excluding hydrogens is 242 g/mol. The second-order valence-electron chi connectivity index (χ2n) is 4.63. The molecule has 2 aromatic rings. The molecule has 0 amide bonds. The van der Waals surface area contributed by atoms with Crippen LogP contribution in [0.25, 0.3) is 0 Å². The molecule has 1 atom stereocenters. The minimum absolute atomic E-state index is 0.461. The largest absolute Gasteiger partial charge is 0.383 e. The van der Waals surface area contributed by atoms with Crippen molar-refractivity contribution in [3.63, 3.8) is 0 Å². The average molecular weight is 260 g/mol. The standard InChI is InChI=1S/C16H18ClN/c1-12-7-6-10-15(16(12)17)18-11-13(2)14-8-4-3-5-9-14/h3-10,13,18H,11H2,1-2H3. The van der Waals surface area contributed by atoms with Gasteiger partial charge in [-0.1, -0.05) is 61.0 Å². The summed E-state index contributed by atoms with van der Waals surface area (Å²) in [6, 6.07) is 16.6. The predicted octanol–water partition coefficient (Wildman–Crippen LogP) is 4.86. The molecule has 0 radical (unpaired) electrons. The van der Waals surface area contributed by atoms with Crippen molar-refractivity contribution in [2.45, 2.75) is 19.8 Å². The molecule has 18 heavy (non-hydrogen) atoms. The van der Waals surface area contributed by atoms with Gasteiger partial charge in [0.05, 0.1) is 10.7 Å². The van der Waals surface area contributed by atoms with Gasteiger partial charge in [0.25, 0.3) is 0 Å². The van der Waals surface area contributed by atoms with Crippen LogP contribution in [-0.4, -0.2) is 6.54 Å². The molecule has 0 bridgehead atoms. The molecule has 2 aromatic carbocycles. The molecule has 0 fully saturated rings. The van der Waals surface area contributed by atoms with E-state index < -0.39 is 0 Å². The lowest BCUT2D eigenvalue weighted by Gasteiger charge is -2.15. The summed E-state index contributed by atoms with van der Waals surface area (Å²) in [4.78, 5) is 0. The number of rotatable bonds is 4. The Morgan fingerprint density at radius 3 is 2.50 bits per heavy atom. The Kier molecular flexibility index (Phi) is 4.27. The van der Waals surface area contributed by atoms with E-state index in [-0.39, 0.29) is 0 Å². The van der Waals surface area contributed by atoms with Gasteiger partial charge in [0, 0.05) is 6.54 Å². The highest BCUT2D eigenvalue weighted by molar-refractivity contribution is 6.33. The summed E-state index contributed by atoms with van der Waals surface area (Å²) in [7, 11) is 0.